The molecule has 0 saturated carbocycles. The normalized spacial score (nSPS) is 19.7. The Morgan fingerprint density at radius 1 is 1.37 bits per heavy atom. The average molecular weight is 284 g/mol. The molecule has 1 rings (SSSR count). The summed E-state index contributed by atoms with van der Waals surface area (Å²) in [7, 11) is 0. The van der Waals surface area contributed by atoms with Gasteiger partial charge < -0.3 is 10.0 Å². The predicted molar refractivity (Wildman–Crippen MR) is 77.3 cm³/mol. The Labute approximate surface area is 117 Å². The molecule has 0 radical (unpaired) electrons. The average Bonchev–Trinajstić information content (AvgIpc) is 2.38. The van der Waals surface area contributed by atoms with Crippen LogP contribution >= 0.6 is 11.8 Å². The van der Waals surface area contributed by atoms with Gasteiger partial charge in [-0.2, -0.15) is 11.8 Å². The summed E-state index contributed by atoms with van der Waals surface area (Å²) in [6, 6.07) is -0.572. The monoisotopic (exact) mass is 284 g/mol. The molecule has 1 N–H and O–H groups in total. The number of carbonyl (C=O) groups excluding carboxylic acids is 1. The molecule has 0 aromatic carbocycles. The second-order valence-electron chi connectivity index (χ2n) is 4.28. The van der Waals surface area contributed by atoms with Gasteiger partial charge in [-0.1, -0.05) is 12.2 Å². The van der Waals surface area contributed by atoms with Gasteiger partial charge in [0.25, 0.3) is 0 Å². The molecule has 1 aliphatic rings. The fourth-order valence-electron chi connectivity index (χ4n) is 1.92. The topological polar surface area (TPSA) is 60.9 Å². The molecule has 0 spiro atoms. The first-order valence-corrected chi connectivity index (χ1v) is 7.29. The highest BCUT2D eigenvalue weighted by Crippen LogP contribution is 2.16. The van der Waals surface area contributed by atoms with Crippen LogP contribution in [-0.2, 0) is 9.59 Å². The minimum atomic E-state index is -0.862. The third kappa shape index (κ3) is 4.72. The Morgan fingerprint density at radius 2 is 2.00 bits per heavy atom. The lowest BCUT2D eigenvalue weighted by molar-refractivity contribution is -0.143. The molecule has 19 heavy (non-hydrogen) atoms. The maximum atomic E-state index is 12.1. The van der Waals surface area contributed by atoms with Crippen molar-refractivity contribution in [3.8, 4) is 0 Å². The van der Waals surface area contributed by atoms with E-state index >= 15 is 0 Å². The van der Waals surface area contributed by atoms with Gasteiger partial charge in [-0.25, -0.2) is 0 Å². The van der Waals surface area contributed by atoms with Gasteiger partial charge in [0, 0.05) is 31.1 Å². The van der Waals surface area contributed by atoms with Gasteiger partial charge in [-0.05, 0) is 0 Å². The van der Waals surface area contributed by atoms with E-state index in [-0.39, 0.29) is 12.5 Å². The van der Waals surface area contributed by atoms with Gasteiger partial charge in [-0.15, -0.1) is 13.2 Å². The van der Waals surface area contributed by atoms with E-state index in [1.54, 1.807) is 33.7 Å². The van der Waals surface area contributed by atoms with Crippen LogP contribution in [0.4, 0.5) is 0 Å². The van der Waals surface area contributed by atoms with Gasteiger partial charge >= 0.3 is 5.97 Å². The SMILES string of the molecule is C=CCN(CC=C)C(=O)CN1CCSCC1C(=O)O. The van der Waals surface area contributed by atoms with Crippen molar-refractivity contribution in [2.45, 2.75) is 6.04 Å². The number of hydrogen-bond donors (Lipinski definition) is 1. The number of carboxylic acid groups (broad SMARTS) is 1. The summed E-state index contributed by atoms with van der Waals surface area (Å²) in [6.45, 7) is 8.90. The number of carbonyl (C=O) groups is 2. The first-order chi connectivity index (χ1) is 9.10. The van der Waals surface area contributed by atoms with Crippen molar-refractivity contribution in [2.75, 3.05) is 37.7 Å². The van der Waals surface area contributed by atoms with Crippen LogP contribution < -0.4 is 0 Å². The zero-order valence-electron chi connectivity index (χ0n) is 11.0. The van der Waals surface area contributed by atoms with Crippen LogP contribution in [0.3, 0.4) is 0 Å². The van der Waals surface area contributed by atoms with Crippen molar-refractivity contribution in [1.82, 2.24) is 9.80 Å². The van der Waals surface area contributed by atoms with E-state index < -0.39 is 12.0 Å². The molecule has 0 aromatic heterocycles. The quantitative estimate of drug-likeness (QED) is 0.697. The van der Waals surface area contributed by atoms with Gasteiger partial charge in [0.05, 0.1) is 6.54 Å². The fraction of sp³-hybridized carbons (Fsp3) is 0.538. The highest BCUT2D eigenvalue weighted by atomic mass is 32.2. The smallest absolute Gasteiger partial charge is 0.321 e. The first-order valence-electron chi connectivity index (χ1n) is 6.14. The molecule has 0 aromatic rings. The number of carboxylic acids is 1. The summed E-state index contributed by atoms with van der Waals surface area (Å²) in [4.78, 5) is 26.7. The van der Waals surface area contributed by atoms with Crippen LogP contribution in [0.15, 0.2) is 25.3 Å². The lowest BCUT2D eigenvalue weighted by Crippen LogP contribution is -2.51. The van der Waals surface area contributed by atoms with Crippen molar-refractivity contribution in [3.63, 3.8) is 0 Å². The molecule has 1 amide bonds. The van der Waals surface area contributed by atoms with Crippen molar-refractivity contribution in [3.05, 3.63) is 25.3 Å². The first kappa shape index (κ1) is 15.8. The van der Waals surface area contributed by atoms with Crippen molar-refractivity contribution < 1.29 is 14.7 Å². The molecular weight excluding hydrogens is 264 g/mol. The Kier molecular flexibility index (Phi) is 6.66. The van der Waals surface area contributed by atoms with E-state index in [1.165, 1.54) is 0 Å². The number of amides is 1. The lowest BCUT2D eigenvalue weighted by Gasteiger charge is -2.33. The van der Waals surface area contributed by atoms with Crippen LogP contribution in [0, 0.1) is 0 Å². The van der Waals surface area contributed by atoms with E-state index in [4.69, 9.17) is 5.11 Å². The van der Waals surface area contributed by atoms with E-state index in [9.17, 15) is 9.59 Å². The molecule has 0 bridgehead atoms. The van der Waals surface area contributed by atoms with Gasteiger partial charge in [0.15, 0.2) is 0 Å². The molecule has 1 atom stereocenters. The summed E-state index contributed by atoms with van der Waals surface area (Å²) < 4.78 is 0. The second-order valence-corrected chi connectivity index (χ2v) is 5.43. The van der Waals surface area contributed by atoms with E-state index in [0.29, 0.717) is 25.4 Å². The summed E-state index contributed by atoms with van der Waals surface area (Å²) >= 11 is 1.61. The molecule has 1 saturated heterocycles. The van der Waals surface area contributed by atoms with E-state index in [0.717, 1.165) is 5.75 Å². The molecule has 1 aliphatic heterocycles. The van der Waals surface area contributed by atoms with Crippen LogP contribution in [0.5, 0.6) is 0 Å². The van der Waals surface area contributed by atoms with E-state index in [1.807, 2.05) is 0 Å². The molecule has 5 nitrogen and oxygen atoms in total. The van der Waals surface area contributed by atoms with Crippen LogP contribution in [0.25, 0.3) is 0 Å². The number of nitrogens with zero attached hydrogens (tertiary/aromatic N) is 2. The number of hydrogen-bond acceptors (Lipinski definition) is 4. The minimum absolute atomic E-state index is 0.0852. The Hall–Kier alpha value is -1.27. The van der Waals surface area contributed by atoms with Crippen molar-refractivity contribution >= 4 is 23.6 Å². The van der Waals surface area contributed by atoms with E-state index in [2.05, 4.69) is 13.2 Å². The van der Waals surface area contributed by atoms with Gasteiger partial charge in [-0.3, -0.25) is 14.5 Å². The van der Waals surface area contributed by atoms with Crippen LogP contribution in [0.1, 0.15) is 0 Å². The zero-order chi connectivity index (χ0) is 14.3. The maximum absolute atomic E-state index is 12.1. The van der Waals surface area contributed by atoms with Gasteiger partial charge in [0.2, 0.25) is 5.91 Å². The summed E-state index contributed by atoms with van der Waals surface area (Å²) in [6.07, 6.45) is 3.31. The number of thioether (sulfide) groups is 1. The third-order valence-corrected chi connectivity index (χ3v) is 3.94. The lowest BCUT2D eigenvalue weighted by atomic mass is 10.2. The molecule has 1 unspecified atom stereocenters. The standard InChI is InChI=1S/C13H20N2O3S/c1-3-5-14(6-4-2)12(16)9-15-7-8-19-10-11(15)13(17)18/h3-4,11H,1-2,5-10H2,(H,17,18). The second kappa shape index (κ2) is 8.01. The minimum Gasteiger partial charge on any atom is -0.480 e. The number of rotatable bonds is 7. The molecule has 106 valence electrons. The maximum Gasteiger partial charge on any atom is 0.321 e. The van der Waals surface area contributed by atoms with Crippen molar-refractivity contribution in [1.29, 1.82) is 0 Å². The predicted octanol–water partition coefficient (Wildman–Crippen LogP) is 0.689. The molecule has 0 aliphatic carbocycles. The fourth-order valence-corrected chi connectivity index (χ4v) is 3.03. The molecule has 1 heterocycles. The Balaban J connectivity index is 2.63. The van der Waals surface area contributed by atoms with Crippen molar-refractivity contribution in [2.24, 2.45) is 0 Å². The Bertz CT molecular complexity index is 350. The highest BCUT2D eigenvalue weighted by molar-refractivity contribution is 7.99. The van der Waals surface area contributed by atoms with Gasteiger partial charge in [0.1, 0.15) is 6.04 Å². The summed E-state index contributed by atoms with van der Waals surface area (Å²) in [5, 5.41) is 9.15. The third-order valence-electron chi connectivity index (χ3n) is 2.91. The molecular formula is C13H20N2O3S. The number of aliphatic carboxylic acids is 1. The van der Waals surface area contributed by atoms with Crippen LogP contribution in [0.2, 0.25) is 0 Å². The summed E-state index contributed by atoms with van der Waals surface area (Å²) in [5.74, 6) is 0.447. The molecule has 1 fully saturated rings. The summed E-state index contributed by atoms with van der Waals surface area (Å²) in [5.41, 5.74) is 0. The molecule has 6 heteroatoms. The zero-order valence-corrected chi connectivity index (χ0v) is 11.8. The van der Waals surface area contributed by atoms with Crippen LogP contribution in [-0.4, -0.2) is 70.5 Å². The Morgan fingerprint density at radius 3 is 2.53 bits per heavy atom. The largest absolute Gasteiger partial charge is 0.480 e. The highest BCUT2D eigenvalue weighted by Gasteiger charge is 2.30.